The van der Waals surface area contributed by atoms with Crippen LogP contribution in [0.15, 0.2) is 54.6 Å². The molecule has 0 saturated carbocycles. The van der Waals surface area contributed by atoms with Crippen LogP contribution in [0, 0.1) is 0 Å². The number of nitrogens with one attached hydrogen (secondary N) is 1. The van der Waals surface area contributed by atoms with Crippen LogP contribution >= 0.6 is 0 Å². The van der Waals surface area contributed by atoms with Crippen LogP contribution in [-0.2, 0) is 16.1 Å². The maximum absolute atomic E-state index is 12.2. The second kappa shape index (κ2) is 7.48. The van der Waals surface area contributed by atoms with Crippen molar-refractivity contribution in [2.45, 2.75) is 6.54 Å². The van der Waals surface area contributed by atoms with Crippen molar-refractivity contribution in [2.75, 3.05) is 13.4 Å². The zero-order chi connectivity index (χ0) is 19.5. The van der Waals surface area contributed by atoms with E-state index in [1.165, 1.54) is 12.1 Å². The molecule has 3 aromatic rings. The van der Waals surface area contributed by atoms with Crippen molar-refractivity contribution in [3.63, 3.8) is 0 Å². The lowest BCUT2D eigenvalue weighted by atomic mass is 10.1. The molecular formula is C21H17NO6. The molecule has 0 aliphatic carbocycles. The smallest absolute Gasteiger partial charge is 0.342 e. The Morgan fingerprint density at radius 3 is 2.57 bits per heavy atom. The highest BCUT2D eigenvalue weighted by atomic mass is 16.7. The number of phenols is 1. The van der Waals surface area contributed by atoms with Crippen LogP contribution < -0.4 is 14.8 Å². The predicted molar refractivity (Wildman–Crippen MR) is 100 cm³/mol. The minimum Gasteiger partial charge on any atom is -0.507 e. The first kappa shape index (κ1) is 17.7. The minimum atomic E-state index is -0.763. The molecule has 2 N–H and O–H groups in total. The van der Waals surface area contributed by atoms with E-state index < -0.39 is 18.5 Å². The lowest BCUT2D eigenvalue weighted by Crippen LogP contribution is -2.28. The van der Waals surface area contributed by atoms with Gasteiger partial charge < -0.3 is 24.6 Å². The monoisotopic (exact) mass is 379 g/mol. The highest BCUT2D eigenvalue weighted by molar-refractivity contribution is 5.99. The second-order valence-electron chi connectivity index (χ2n) is 6.26. The maximum atomic E-state index is 12.2. The van der Waals surface area contributed by atoms with E-state index in [1.807, 2.05) is 30.3 Å². The van der Waals surface area contributed by atoms with E-state index in [9.17, 15) is 14.7 Å². The Morgan fingerprint density at radius 1 is 1.00 bits per heavy atom. The minimum absolute atomic E-state index is 0.0160. The lowest BCUT2D eigenvalue weighted by Gasteiger charge is -2.09. The van der Waals surface area contributed by atoms with E-state index in [1.54, 1.807) is 12.1 Å². The molecule has 1 amide bonds. The van der Waals surface area contributed by atoms with Gasteiger partial charge in [0.2, 0.25) is 6.79 Å². The highest BCUT2D eigenvalue weighted by Crippen LogP contribution is 2.32. The first-order valence-electron chi connectivity index (χ1n) is 8.64. The van der Waals surface area contributed by atoms with Crippen molar-refractivity contribution in [3.05, 3.63) is 65.7 Å². The number of rotatable bonds is 5. The third-order valence-corrected chi connectivity index (χ3v) is 4.34. The average Bonchev–Trinajstić information content (AvgIpc) is 3.17. The molecule has 0 aromatic heterocycles. The third kappa shape index (κ3) is 3.68. The van der Waals surface area contributed by atoms with Gasteiger partial charge in [0.05, 0.1) is 0 Å². The van der Waals surface area contributed by atoms with E-state index in [0.717, 1.165) is 16.3 Å². The van der Waals surface area contributed by atoms with Gasteiger partial charge in [-0.25, -0.2) is 4.79 Å². The Bertz CT molecular complexity index is 1060. The zero-order valence-corrected chi connectivity index (χ0v) is 14.8. The molecule has 0 saturated heterocycles. The number of hydrogen-bond acceptors (Lipinski definition) is 6. The van der Waals surface area contributed by atoms with Crippen molar-refractivity contribution in [3.8, 4) is 17.2 Å². The van der Waals surface area contributed by atoms with Crippen molar-refractivity contribution >= 4 is 22.6 Å². The number of amides is 1. The molecule has 7 heteroatoms. The van der Waals surface area contributed by atoms with Crippen LogP contribution in [0.5, 0.6) is 17.2 Å². The normalized spacial score (nSPS) is 12.0. The largest absolute Gasteiger partial charge is 0.507 e. The third-order valence-electron chi connectivity index (χ3n) is 4.34. The summed E-state index contributed by atoms with van der Waals surface area (Å²) in [6.07, 6.45) is 0. The van der Waals surface area contributed by atoms with Crippen molar-refractivity contribution in [1.82, 2.24) is 5.32 Å². The summed E-state index contributed by atoms with van der Waals surface area (Å²) in [6.45, 7) is -0.00733. The number of carbonyl (C=O) groups is 2. The number of esters is 1. The molecule has 1 heterocycles. The molecule has 7 nitrogen and oxygen atoms in total. The average molecular weight is 379 g/mol. The molecule has 0 bridgehead atoms. The fourth-order valence-corrected chi connectivity index (χ4v) is 2.90. The molecule has 0 unspecified atom stereocenters. The first-order chi connectivity index (χ1) is 13.6. The Balaban J connectivity index is 1.33. The lowest BCUT2D eigenvalue weighted by molar-refractivity contribution is -0.124. The predicted octanol–water partition coefficient (Wildman–Crippen LogP) is 2.75. The van der Waals surface area contributed by atoms with Gasteiger partial charge in [-0.3, -0.25) is 4.79 Å². The van der Waals surface area contributed by atoms with E-state index in [2.05, 4.69) is 5.32 Å². The summed E-state index contributed by atoms with van der Waals surface area (Å²) in [5, 5.41) is 14.3. The Kier molecular flexibility index (Phi) is 4.72. The van der Waals surface area contributed by atoms with E-state index in [-0.39, 0.29) is 24.7 Å². The number of phenolic OH excluding ortho intramolecular Hbond substituents is 1. The molecular weight excluding hydrogens is 362 g/mol. The van der Waals surface area contributed by atoms with Gasteiger partial charge in [0, 0.05) is 6.54 Å². The number of ether oxygens (including phenoxy) is 3. The standard InChI is InChI=1S/C21H17NO6/c23-17-9-15-4-2-1-3-14(15)8-16(17)21(25)26-11-20(24)22-10-13-5-6-18-19(7-13)28-12-27-18/h1-9,23H,10-12H2,(H,22,24). The van der Waals surface area contributed by atoms with Gasteiger partial charge in [0.1, 0.15) is 11.3 Å². The molecule has 28 heavy (non-hydrogen) atoms. The quantitative estimate of drug-likeness (QED) is 0.662. The number of hydrogen-bond donors (Lipinski definition) is 2. The van der Waals surface area contributed by atoms with Gasteiger partial charge >= 0.3 is 5.97 Å². The number of carbonyl (C=O) groups excluding carboxylic acids is 2. The van der Waals surface area contributed by atoms with Gasteiger partial charge in [0.25, 0.3) is 5.91 Å². The molecule has 0 spiro atoms. The summed E-state index contributed by atoms with van der Waals surface area (Å²) in [5.41, 5.74) is 0.846. The van der Waals surface area contributed by atoms with Crippen LogP contribution in [0.2, 0.25) is 0 Å². The van der Waals surface area contributed by atoms with Gasteiger partial charge in [0.15, 0.2) is 18.1 Å². The van der Waals surface area contributed by atoms with Gasteiger partial charge in [-0.15, -0.1) is 0 Å². The van der Waals surface area contributed by atoms with E-state index >= 15 is 0 Å². The van der Waals surface area contributed by atoms with Gasteiger partial charge in [-0.1, -0.05) is 30.3 Å². The molecule has 4 rings (SSSR count). The maximum Gasteiger partial charge on any atom is 0.342 e. The van der Waals surface area contributed by atoms with Crippen LogP contribution in [-0.4, -0.2) is 30.4 Å². The zero-order valence-electron chi connectivity index (χ0n) is 14.8. The Morgan fingerprint density at radius 2 is 1.75 bits per heavy atom. The van der Waals surface area contributed by atoms with Crippen LogP contribution in [0.4, 0.5) is 0 Å². The molecule has 1 aliphatic heterocycles. The molecule has 142 valence electrons. The van der Waals surface area contributed by atoms with Crippen LogP contribution in [0.1, 0.15) is 15.9 Å². The molecule has 1 aliphatic rings. The van der Waals surface area contributed by atoms with Crippen molar-refractivity contribution < 1.29 is 28.9 Å². The van der Waals surface area contributed by atoms with E-state index in [4.69, 9.17) is 14.2 Å². The molecule has 0 fully saturated rings. The summed E-state index contributed by atoms with van der Waals surface area (Å²) in [7, 11) is 0. The molecule has 0 atom stereocenters. The van der Waals surface area contributed by atoms with Crippen molar-refractivity contribution in [1.29, 1.82) is 0 Å². The molecule has 3 aromatic carbocycles. The summed E-state index contributed by atoms with van der Waals surface area (Å²) >= 11 is 0. The number of aromatic hydroxyl groups is 1. The molecule has 0 radical (unpaired) electrons. The number of fused-ring (bicyclic) bond motifs is 2. The first-order valence-corrected chi connectivity index (χ1v) is 8.64. The second-order valence-corrected chi connectivity index (χ2v) is 6.26. The topological polar surface area (TPSA) is 94.1 Å². The van der Waals surface area contributed by atoms with Crippen molar-refractivity contribution in [2.24, 2.45) is 0 Å². The summed E-state index contributed by atoms with van der Waals surface area (Å²) in [4.78, 5) is 24.2. The van der Waals surface area contributed by atoms with Gasteiger partial charge in [-0.2, -0.15) is 0 Å². The SMILES string of the molecule is O=C(COC(=O)c1cc2ccccc2cc1O)NCc1ccc2c(c1)OCO2. The Labute approximate surface area is 160 Å². The summed E-state index contributed by atoms with van der Waals surface area (Å²) in [6, 6.07) is 15.7. The Hall–Kier alpha value is -3.74. The van der Waals surface area contributed by atoms with E-state index in [0.29, 0.717) is 11.5 Å². The fraction of sp³-hybridized carbons (Fsp3) is 0.143. The highest BCUT2D eigenvalue weighted by Gasteiger charge is 2.16. The number of benzene rings is 3. The summed E-state index contributed by atoms with van der Waals surface area (Å²) < 4.78 is 15.5. The summed E-state index contributed by atoms with van der Waals surface area (Å²) in [5.74, 6) is -0.110. The fourth-order valence-electron chi connectivity index (χ4n) is 2.90. The van der Waals surface area contributed by atoms with Crippen LogP contribution in [0.25, 0.3) is 10.8 Å². The van der Waals surface area contributed by atoms with Crippen LogP contribution in [0.3, 0.4) is 0 Å². The van der Waals surface area contributed by atoms with Gasteiger partial charge in [-0.05, 0) is 40.6 Å².